The number of rotatable bonds is 5. The molecular formula is C30H22F3N5O2S. The van der Waals surface area contributed by atoms with Gasteiger partial charge < -0.3 is 4.74 Å². The molecule has 6 rings (SSSR count). The number of ether oxygens (including phenoxy) is 1. The van der Waals surface area contributed by atoms with E-state index in [0.717, 1.165) is 44.2 Å². The summed E-state index contributed by atoms with van der Waals surface area (Å²) in [6.45, 7) is 3.97. The Morgan fingerprint density at radius 1 is 1.00 bits per heavy atom. The summed E-state index contributed by atoms with van der Waals surface area (Å²) < 4.78 is 43.3. The van der Waals surface area contributed by atoms with Crippen molar-refractivity contribution < 1.29 is 22.7 Å². The van der Waals surface area contributed by atoms with Gasteiger partial charge in [0.1, 0.15) is 12.1 Å². The molecule has 1 amide bonds. The number of hydrazone groups is 1. The lowest BCUT2D eigenvalue weighted by Gasteiger charge is -2.11. The highest BCUT2D eigenvalue weighted by atomic mass is 32.2. The van der Waals surface area contributed by atoms with Crippen LogP contribution in [0.15, 0.2) is 89.2 Å². The van der Waals surface area contributed by atoms with E-state index in [9.17, 15) is 18.0 Å². The van der Waals surface area contributed by atoms with Crippen LogP contribution < -0.4 is 4.74 Å². The van der Waals surface area contributed by atoms with Gasteiger partial charge in [0, 0.05) is 11.1 Å². The van der Waals surface area contributed by atoms with E-state index < -0.39 is 6.36 Å². The highest BCUT2D eigenvalue weighted by molar-refractivity contribution is 8.15. The van der Waals surface area contributed by atoms with Gasteiger partial charge in [0.05, 0.1) is 28.7 Å². The lowest BCUT2D eigenvalue weighted by molar-refractivity contribution is -0.274. The van der Waals surface area contributed by atoms with E-state index in [-0.39, 0.29) is 17.4 Å². The number of aryl methyl sites for hydroxylation is 2. The average Bonchev–Trinajstić information content (AvgIpc) is 3.52. The van der Waals surface area contributed by atoms with Crippen molar-refractivity contribution in [2.24, 2.45) is 10.1 Å². The second kappa shape index (κ2) is 10.4. The van der Waals surface area contributed by atoms with Crippen LogP contribution >= 0.6 is 11.8 Å². The van der Waals surface area contributed by atoms with E-state index in [0.29, 0.717) is 10.9 Å². The Bertz CT molecular complexity index is 1840. The van der Waals surface area contributed by atoms with Gasteiger partial charge in [0.2, 0.25) is 0 Å². The topological polar surface area (TPSA) is 72.1 Å². The van der Waals surface area contributed by atoms with Gasteiger partial charge in [0.15, 0.2) is 5.17 Å². The summed E-state index contributed by atoms with van der Waals surface area (Å²) in [5.41, 5.74) is 5.88. The Hall–Kier alpha value is -4.64. The molecular weight excluding hydrogens is 551 g/mol. The zero-order valence-electron chi connectivity index (χ0n) is 21.9. The number of hydrogen-bond acceptors (Lipinski definition) is 6. The predicted molar refractivity (Wildman–Crippen MR) is 155 cm³/mol. The number of halogens is 3. The molecule has 206 valence electrons. The van der Waals surface area contributed by atoms with Crippen LogP contribution in [0, 0.1) is 13.8 Å². The number of para-hydroxylation sites is 1. The molecule has 1 fully saturated rings. The maximum Gasteiger partial charge on any atom is 0.573 e. The molecule has 1 aliphatic rings. The Morgan fingerprint density at radius 2 is 1.76 bits per heavy atom. The van der Waals surface area contributed by atoms with E-state index >= 15 is 0 Å². The van der Waals surface area contributed by atoms with Crippen molar-refractivity contribution in [3.63, 3.8) is 0 Å². The zero-order chi connectivity index (χ0) is 28.7. The third-order valence-electron chi connectivity index (χ3n) is 6.62. The average molecular weight is 574 g/mol. The van der Waals surface area contributed by atoms with Crippen molar-refractivity contribution >= 4 is 56.5 Å². The summed E-state index contributed by atoms with van der Waals surface area (Å²) >= 11 is 1.36. The SMILES string of the molecule is Cc1cccc(C)c1N=C1SCC(=O)N1/N=C/c1ccc2c(ccc3c2ncn3-c2ccc(OC(F)(F)F)cc2)c1. The highest BCUT2D eigenvalue weighted by Crippen LogP contribution is 2.30. The van der Waals surface area contributed by atoms with Gasteiger partial charge in [-0.15, -0.1) is 13.2 Å². The van der Waals surface area contributed by atoms with Gasteiger partial charge in [-0.3, -0.25) is 9.36 Å². The molecule has 0 spiro atoms. The van der Waals surface area contributed by atoms with Crippen molar-refractivity contribution in [1.82, 2.24) is 14.6 Å². The number of fused-ring (bicyclic) bond motifs is 3. The number of benzene rings is 4. The van der Waals surface area contributed by atoms with Crippen LogP contribution in [0.5, 0.6) is 5.75 Å². The van der Waals surface area contributed by atoms with Crippen LogP contribution in [0.2, 0.25) is 0 Å². The van der Waals surface area contributed by atoms with Gasteiger partial charge >= 0.3 is 6.36 Å². The largest absolute Gasteiger partial charge is 0.573 e. The monoisotopic (exact) mass is 573 g/mol. The first-order valence-corrected chi connectivity index (χ1v) is 13.6. The maximum absolute atomic E-state index is 12.6. The number of carbonyl (C=O) groups excluding carboxylic acids is 1. The number of carbonyl (C=O) groups is 1. The number of nitrogens with zero attached hydrogens (tertiary/aromatic N) is 5. The number of hydrogen-bond donors (Lipinski definition) is 0. The number of thioether (sulfide) groups is 1. The highest BCUT2D eigenvalue weighted by Gasteiger charge is 2.31. The lowest BCUT2D eigenvalue weighted by Crippen LogP contribution is -2.23. The third kappa shape index (κ3) is 5.40. The first kappa shape index (κ1) is 26.6. The summed E-state index contributed by atoms with van der Waals surface area (Å²) in [6, 6.07) is 21.2. The molecule has 1 aromatic heterocycles. The second-order valence-electron chi connectivity index (χ2n) is 9.44. The Kier molecular flexibility index (Phi) is 6.74. The fraction of sp³-hybridized carbons (Fsp3) is 0.133. The molecule has 5 aromatic rings. The molecule has 2 heterocycles. The van der Waals surface area contributed by atoms with Gasteiger partial charge in [-0.25, -0.2) is 9.98 Å². The van der Waals surface area contributed by atoms with Crippen LogP contribution in [0.3, 0.4) is 0 Å². The van der Waals surface area contributed by atoms with Crippen molar-refractivity contribution in [2.75, 3.05) is 5.75 Å². The summed E-state index contributed by atoms with van der Waals surface area (Å²) in [6.07, 6.45) is -1.48. The van der Waals surface area contributed by atoms with E-state index in [2.05, 4.69) is 14.8 Å². The number of aliphatic imine (C=N–C) groups is 1. The molecule has 0 N–H and O–H groups in total. The van der Waals surface area contributed by atoms with Crippen LogP contribution in [-0.2, 0) is 4.79 Å². The first-order chi connectivity index (χ1) is 19.7. The van der Waals surface area contributed by atoms with E-state index in [1.807, 2.05) is 62.4 Å². The lowest BCUT2D eigenvalue weighted by atomic mass is 10.1. The van der Waals surface area contributed by atoms with Gasteiger partial charge in [-0.2, -0.15) is 10.1 Å². The standard InChI is InChI=1S/C30H22F3N5O2S/c1-18-4-3-5-19(2)27(18)36-29-38(26(39)16-41-29)35-15-20-6-12-24-21(14-20)7-13-25-28(24)34-17-37(25)22-8-10-23(11-9-22)40-30(31,32)33/h3-15,17H,16H2,1-2H3/b35-15+,36-29?. The molecule has 0 atom stereocenters. The Morgan fingerprint density at radius 3 is 2.49 bits per heavy atom. The number of amidine groups is 1. The zero-order valence-corrected chi connectivity index (χ0v) is 22.7. The van der Waals surface area contributed by atoms with Crippen molar-refractivity contribution in [2.45, 2.75) is 20.2 Å². The fourth-order valence-corrected chi connectivity index (χ4v) is 5.48. The van der Waals surface area contributed by atoms with E-state index in [4.69, 9.17) is 4.99 Å². The van der Waals surface area contributed by atoms with Gasteiger partial charge in [0.25, 0.3) is 5.91 Å². The third-order valence-corrected chi connectivity index (χ3v) is 7.53. The van der Waals surface area contributed by atoms with Crippen LogP contribution in [-0.4, -0.2) is 44.0 Å². The molecule has 0 aliphatic carbocycles. The molecule has 1 aliphatic heterocycles. The molecule has 0 saturated carbocycles. The second-order valence-corrected chi connectivity index (χ2v) is 10.4. The van der Waals surface area contributed by atoms with Crippen molar-refractivity contribution in [3.8, 4) is 11.4 Å². The summed E-state index contributed by atoms with van der Waals surface area (Å²) in [4.78, 5) is 21.9. The smallest absolute Gasteiger partial charge is 0.406 e. The van der Waals surface area contributed by atoms with E-state index in [1.54, 1.807) is 29.2 Å². The molecule has 4 aromatic carbocycles. The number of alkyl halides is 3. The number of imidazole rings is 1. The van der Waals surface area contributed by atoms with Crippen LogP contribution in [0.1, 0.15) is 16.7 Å². The number of aromatic nitrogens is 2. The maximum atomic E-state index is 12.6. The summed E-state index contributed by atoms with van der Waals surface area (Å²) in [7, 11) is 0. The normalized spacial score (nSPS) is 15.2. The Balaban J connectivity index is 1.27. The summed E-state index contributed by atoms with van der Waals surface area (Å²) in [5, 5.41) is 8.17. The first-order valence-electron chi connectivity index (χ1n) is 12.6. The minimum atomic E-state index is -4.75. The molecule has 0 unspecified atom stereocenters. The minimum absolute atomic E-state index is 0.137. The molecule has 7 nitrogen and oxygen atoms in total. The molecule has 0 bridgehead atoms. The summed E-state index contributed by atoms with van der Waals surface area (Å²) in [5.74, 6) is -0.150. The van der Waals surface area contributed by atoms with Crippen molar-refractivity contribution in [1.29, 1.82) is 0 Å². The predicted octanol–water partition coefficient (Wildman–Crippen LogP) is 7.29. The van der Waals surface area contributed by atoms with Crippen LogP contribution in [0.4, 0.5) is 18.9 Å². The van der Waals surface area contributed by atoms with Crippen molar-refractivity contribution in [3.05, 3.63) is 95.8 Å². The molecule has 1 saturated heterocycles. The van der Waals surface area contributed by atoms with Crippen LogP contribution in [0.25, 0.3) is 27.5 Å². The molecule has 11 heteroatoms. The van der Waals surface area contributed by atoms with Gasteiger partial charge in [-0.05, 0) is 72.3 Å². The molecule has 0 radical (unpaired) electrons. The minimum Gasteiger partial charge on any atom is -0.406 e. The van der Waals surface area contributed by atoms with Gasteiger partial charge in [-0.1, -0.05) is 48.2 Å². The van der Waals surface area contributed by atoms with E-state index in [1.165, 1.54) is 28.9 Å². The number of amides is 1. The quantitative estimate of drug-likeness (QED) is 0.207. The Labute approximate surface area is 237 Å². The molecule has 41 heavy (non-hydrogen) atoms. The fourth-order valence-electron chi connectivity index (χ4n) is 4.67.